The number of halogens is 1. The molecule has 2 rings (SSSR count). The number of ether oxygens (including phenoxy) is 1. The minimum Gasteiger partial charge on any atom is -0.488 e. The van der Waals surface area contributed by atoms with E-state index in [1.165, 1.54) is 24.9 Å². The standard InChI is InChI=1S/C17H27ClN2O/c1-13(2)20(3)9-5-4-8-19-12-16-11-14-10-15(18)6-7-17(14)21-16/h6-7,10,13,16,19H,4-5,8-9,11-12H2,1-3H3. The predicted molar refractivity (Wildman–Crippen MR) is 89.4 cm³/mol. The second kappa shape index (κ2) is 8.02. The molecule has 0 radical (unpaired) electrons. The van der Waals surface area contributed by atoms with Crippen molar-refractivity contribution in [2.24, 2.45) is 0 Å². The van der Waals surface area contributed by atoms with Crippen LogP contribution in [0.3, 0.4) is 0 Å². The molecule has 0 spiro atoms. The van der Waals surface area contributed by atoms with E-state index in [1.54, 1.807) is 0 Å². The van der Waals surface area contributed by atoms with Gasteiger partial charge in [-0.05, 0) is 70.6 Å². The van der Waals surface area contributed by atoms with Gasteiger partial charge in [0.1, 0.15) is 11.9 Å². The predicted octanol–water partition coefficient (Wildman–Crippen LogP) is 3.35. The van der Waals surface area contributed by atoms with E-state index in [4.69, 9.17) is 16.3 Å². The number of hydrogen-bond donors (Lipinski definition) is 1. The van der Waals surface area contributed by atoms with Gasteiger partial charge in [-0.15, -0.1) is 0 Å². The fraction of sp³-hybridized carbons (Fsp3) is 0.647. The van der Waals surface area contributed by atoms with E-state index in [2.05, 4.69) is 31.1 Å². The molecule has 1 aromatic rings. The zero-order valence-electron chi connectivity index (χ0n) is 13.4. The van der Waals surface area contributed by atoms with Crippen LogP contribution in [-0.2, 0) is 6.42 Å². The molecule has 1 aromatic carbocycles. The molecule has 0 fully saturated rings. The van der Waals surface area contributed by atoms with Crippen molar-refractivity contribution >= 4 is 11.6 Å². The summed E-state index contributed by atoms with van der Waals surface area (Å²) in [6, 6.07) is 6.51. The van der Waals surface area contributed by atoms with Gasteiger partial charge in [0.05, 0.1) is 0 Å². The normalized spacial score (nSPS) is 17.3. The number of nitrogens with one attached hydrogen (secondary N) is 1. The van der Waals surface area contributed by atoms with Gasteiger partial charge in [0, 0.05) is 24.0 Å². The quantitative estimate of drug-likeness (QED) is 0.745. The Bertz CT molecular complexity index is 450. The van der Waals surface area contributed by atoms with E-state index in [0.717, 1.165) is 30.3 Å². The zero-order valence-corrected chi connectivity index (χ0v) is 14.1. The number of rotatable bonds is 8. The molecule has 118 valence electrons. The van der Waals surface area contributed by atoms with Gasteiger partial charge in [0.2, 0.25) is 0 Å². The van der Waals surface area contributed by atoms with Crippen LogP contribution >= 0.6 is 11.6 Å². The summed E-state index contributed by atoms with van der Waals surface area (Å²) in [6.07, 6.45) is 3.65. The van der Waals surface area contributed by atoms with E-state index in [-0.39, 0.29) is 6.10 Å². The van der Waals surface area contributed by atoms with E-state index in [1.807, 2.05) is 18.2 Å². The van der Waals surface area contributed by atoms with Gasteiger partial charge in [-0.3, -0.25) is 0 Å². The maximum absolute atomic E-state index is 6.01. The third-order valence-corrected chi connectivity index (χ3v) is 4.37. The van der Waals surface area contributed by atoms with Crippen molar-refractivity contribution in [3.05, 3.63) is 28.8 Å². The van der Waals surface area contributed by atoms with Crippen LogP contribution in [0.25, 0.3) is 0 Å². The summed E-state index contributed by atoms with van der Waals surface area (Å²) in [5.41, 5.74) is 1.23. The Morgan fingerprint density at radius 3 is 2.95 bits per heavy atom. The van der Waals surface area contributed by atoms with Crippen LogP contribution in [0.1, 0.15) is 32.3 Å². The second-order valence-electron chi connectivity index (χ2n) is 6.18. The average molecular weight is 311 g/mol. The first-order chi connectivity index (χ1) is 10.1. The lowest BCUT2D eigenvalue weighted by Gasteiger charge is -2.20. The van der Waals surface area contributed by atoms with Crippen molar-refractivity contribution in [2.45, 2.75) is 45.3 Å². The number of hydrogen-bond acceptors (Lipinski definition) is 3. The lowest BCUT2D eigenvalue weighted by atomic mass is 10.1. The molecule has 1 aliphatic heterocycles. The van der Waals surface area contributed by atoms with E-state index in [0.29, 0.717) is 6.04 Å². The van der Waals surface area contributed by atoms with Crippen molar-refractivity contribution in [1.82, 2.24) is 10.2 Å². The van der Waals surface area contributed by atoms with E-state index < -0.39 is 0 Å². The van der Waals surface area contributed by atoms with Crippen LogP contribution in [0.4, 0.5) is 0 Å². The van der Waals surface area contributed by atoms with Crippen molar-refractivity contribution in [3.63, 3.8) is 0 Å². The Balaban J connectivity index is 1.57. The summed E-state index contributed by atoms with van der Waals surface area (Å²) < 4.78 is 5.91. The molecule has 3 nitrogen and oxygen atoms in total. The first kappa shape index (κ1) is 16.6. The van der Waals surface area contributed by atoms with Gasteiger partial charge >= 0.3 is 0 Å². The molecule has 21 heavy (non-hydrogen) atoms. The first-order valence-corrected chi connectivity index (χ1v) is 8.30. The van der Waals surface area contributed by atoms with Crippen LogP contribution in [0.5, 0.6) is 5.75 Å². The molecule has 1 aliphatic rings. The monoisotopic (exact) mass is 310 g/mol. The third-order valence-electron chi connectivity index (χ3n) is 4.13. The molecule has 4 heteroatoms. The SMILES string of the molecule is CC(C)N(C)CCCCNCC1Cc2cc(Cl)ccc2O1. The van der Waals surface area contributed by atoms with Gasteiger partial charge in [0.15, 0.2) is 0 Å². The number of nitrogens with zero attached hydrogens (tertiary/aromatic N) is 1. The minimum atomic E-state index is 0.247. The van der Waals surface area contributed by atoms with Crippen LogP contribution in [0.2, 0.25) is 5.02 Å². The first-order valence-electron chi connectivity index (χ1n) is 7.92. The van der Waals surface area contributed by atoms with Gasteiger partial charge in [-0.1, -0.05) is 11.6 Å². The summed E-state index contributed by atoms with van der Waals surface area (Å²) in [4.78, 5) is 2.39. The van der Waals surface area contributed by atoms with Crippen LogP contribution in [0.15, 0.2) is 18.2 Å². The highest BCUT2D eigenvalue weighted by molar-refractivity contribution is 6.30. The molecule has 0 saturated carbocycles. The molecule has 0 aliphatic carbocycles. The maximum Gasteiger partial charge on any atom is 0.123 e. The Hall–Kier alpha value is -0.770. The summed E-state index contributed by atoms with van der Waals surface area (Å²) in [5, 5.41) is 4.30. The van der Waals surface area contributed by atoms with Gasteiger partial charge in [0.25, 0.3) is 0 Å². The lowest BCUT2D eigenvalue weighted by Crippen LogP contribution is -2.31. The molecule has 1 N–H and O–H groups in total. The third kappa shape index (κ3) is 5.17. The Kier molecular flexibility index (Phi) is 6.34. The van der Waals surface area contributed by atoms with Gasteiger partial charge in [-0.25, -0.2) is 0 Å². The van der Waals surface area contributed by atoms with Gasteiger partial charge in [-0.2, -0.15) is 0 Å². The fourth-order valence-electron chi connectivity index (χ4n) is 2.54. The van der Waals surface area contributed by atoms with Crippen LogP contribution in [-0.4, -0.2) is 43.7 Å². The molecular weight excluding hydrogens is 284 g/mol. The smallest absolute Gasteiger partial charge is 0.123 e. The Labute approximate surface area is 133 Å². The molecule has 0 bridgehead atoms. The zero-order chi connectivity index (χ0) is 15.2. The second-order valence-corrected chi connectivity index (χ2v) is 6.62. The number of unbranched alkanes of at least 4 members (excludes halogenated alkanes) is 1. The largest absolute Gasteiger partial charge is 0.488 e. The summed E-state index contributed by atoms with van der Waals surface area (Å²) >= 11 is 6.01. The topological polar surface area (TPSA) is 24.5 Å². The molecule has 1 atom stereocenters. The molecule has 0 aromatic heterocycles. The highest BCUT2D eigenvalue weighted by Crippen LogP contribution is 2.30. The molecule has 1 unspecified atom stereocenters. The Morgan fingerprint density at radius 1 is 1.38 bits per heavy atom. The van der Waals surface area contributed by atoms with E-state index >= 15 is 0 Å². The molecule has 1 heterocycles. The van der Waals surface area contributed by atoms with Crippen LogP contribution in [0, 0.1) is 0 Å². The molecule has 0 amide bonds. The maximum atomic E-state index is 6.01. The van der Waals surface area contributed by atoms with Gasteiger partial charge < -0.3 is 15.0 Å². The fourth-order valence-corrected chi connectivity index (χ4v) is 2.73. The highest BCUT2D eigenvalue weighted by atomic mass is 35.5. The summed E-state index contributed by atoms with van der Waals surface area (Å²) in [6.45, 7) is 7.61. The lowest BCUT2D eigenvalue weighted by molar-refractivity contribution is 0.226. The Morgan fingerprint density at radius 2 is 2.19 bits per heavy atom. The van der Waals surface area contributed by atoms with Crippen molar-refractivity contribution < 1.29 is 4.74 Å². The summed E-state index contributed by atoms with van der Waals surface area (Å²) in [7, 11) is 2.19. The van der Waals surface area contributed by atoms with Crippen molar-refractivity contribution in [3.8, 4) is 5.75 Å². The molecular formula is C17H27ClN2O. The molecule has 0 saturated heterocycles. The summed E-state index contributed by atoms with van der Waals surface area (Å²) in [5.74, 6) is 0.991. The van der Waals surface area contributed by atoms with E-state index in [9.17, 15) is 0 Å². The number of benzene rings is 1. The van der Waals surface area contributed by atoms with Crippen molar-refractivity contribution in [2.75, 3.05) is 26.7 Å². The minimum absolute atomic E-state index is 0.247. The van der Waals surface area contributed by atoms with Crippen molar-refractivity contribution in [1.29, 1.82) is 0 Å². The number of fused-ring (bicyclic) bond motifs is 1. The average Bonchev–Trinajstić information content (AvgIpc) is 2.83. The van der Waals surface area contributed by atoms with Crippen LogP contribution < -0.4 is 10.1 Å². The highest BCUT2D eigenvalue weighted by Gasteiger charge is 2.22.